The summed E-state index contributed by atoms with van der Waals surface area (Å²) >= 11 is 0. The number of nitrogens with two attached hydrogens (primary N) is 1. The van der Waals surface area contributed by atoms with E-state index < -0.39 is 0 Å². The van der Waals surface area contributed by atoms with Crippen LogP contribution in [-0.4, -0.2) is 26.0 Å². The molecule has 2 aliphatic heterocycles. The van der Waals surface area contributed by atoms with Gasteiger partial charge in [-0.3, -0.25) is 0 Å². The van der Waals surface area contributed by atoms with Gasteiger partial charge in [-0.05, 0) is 0 Å². The summed E-state index contributed by atoms with van der Waals surface area (Å²) in [5.74, 6) is 2.74. The zero-order chi connectivity index (χ0) is 10.3. The Bertz CT molecular complexity index is 393. The molecule has 1 atom stereocenters. The fraction of sp³-hybridized carbons (Fsp3) is 0.400. The lowest BCUT2D eigenvalue weighted by atomic mass is 10.2. The van der Waals surface area contributed by atoms with Crippen LogP contribution in [0.4, 0.5) is 0 Å². The highest BCUT2D eigenvalue weighted by atomic mass is 16.7. The summed E-state index contributed by atoms with van der Waals surface area (Å²) in [6.07, 6.45) is -0.0853. The van der Waals surface area contributed by atoms with Gasteiger partial charge >= 0.3 is 0 Å². The standard InChI is InChI=1S/C10H11NO4/c11-3-6-4-12-9-1-7-8(14-5-13-7)2-10(9)15-6/h1-2,6H,3-5,11H2. The summed E-state index contributed by atoms with van der Waals surface area (Å²) in [5.41, 5.74) is 5.51. The number of benzene rings is 1. The van der Waals surface area contributed by atoms with Gasteiger partial charge in [0.05, 0.1) is 0 Å². The molecule has 0 saturated heterocycles. The molecule has 3 rings (SSSR count). The molecule has 0 spiro atoms. The van der Waals surface area contributed by atoms with E-state index in [1.807, 2.05) is 0 Å². The Labute approximate surface area is 86.7 Å². The molecule has 5 nitrogen and oxygen atoms in total. The van der Waals surface area contributed by atoms with E-state index in [1.165, 1.54) is 0 Å². The van der Waals surface area contributed by atoms with Crippen molar-refractivity contribution in [2.24, 2.45) is 5.73 Å². The first-order chi connectivity index (χ1) is 7.36. The van der Waals surface area contributed by atoms with Crippen molar-refractivity contribution in [2.45, 2.75) is 6.10 Å². The molecule has 15 heavy (non-hydrogen) atoms. The van der Waals surface area contributed by atoms with Crippen molar-refractivity contribution in [3.63, 3.8) is 0 Å². The Kier molecular flexibility index (Phi) is 1.85. The van der Waals surface area contributed by atoms with Crippen LogP contribution in [0.1, 0.15) is 0 Å². The third kappa shape index (κ3) is 1.35. The second-order valence-electron chi connectivity index (χ2n) is 3.44. The lowest BCUT2D eigenvalue weighted by Crippen LogP contribution is -2.35. The average molecular weight is 209 g/mol. The minimum absolute atomic E-state index is 0.0853. The first-order valence-electron chi connectivity index (χ1n) is 4.80. The van der Waals surface area contributed by atoms with Crippen molar-refractivity contribution in [3.8, 4) is 23.0 Å². The number of rotatable bonds is 1. The van der Waals surface area contributed by atoms with Crippen LogP contribution in [0.5, 0.6) is 23.0 Å². The zero-order valence-electron chi connectivity index (χ0n) is 8.06. The normalized spacial score (nSPS) is 21.5. The number of ether oxygens (including phenoxy) is 4. The van der Waals surface area contributed by atoms with E-state index in [9.17, 15) is 0 Å². The van der Waals surface area contributed by atoms with E-state index >= 15 is 0 Å². The molecule has 1 unspecified atom stereocenters. The molecule has 0 radical (unpaired) electrons. The second-order valence-corrected chi connectivity index (χ2v) is 3.44. The third-order valence-corrected chi connectivity index (χ3v) is 2.42. The quantitative estimate of drug-likeness (QED) is 0.730. The third-order valence-electron chi connectivity index (χ3n) is 2.42. The van der Waals surface area contributed by atoms with Gasteiger partial charge in [0.2, 0.25) is 6.79 Å². The van der Waals surface area contributed by atoms with Crippen LogP contribution in [0.2, 0.25) is 0 Å². The molecule has 1 aromatic carbocycles. The topological polar surface area (TPSA) is 62.9 Å². The first-order valence-corrected chi connectivity index (χ1v) is 4.80. The summed E-state index contributed by atoms with van der Waals surface area (Å²) < 4.78 is 21.6. The van der Waals surface area contributed by atoms with Crippen LogP contribution in [0.3, 0.4) is 0 Å². The molecule has 0 saturated carbocycles. The average Bonchev–Trinajstić information content (AvgIpc) is 2.72. The maximum absolute atomic E-state index is 5.62. The van der Waals surface area contributed by atoms with E-state index in [4.69, 9.17) is 24.7 Å². The Hall–Kier alpha value is -1.62. The van der Waals surface area contributed by atoms with E-state index in [1.54, 1.807) is 12.1 Å². The highest BCUT2D eigenvalue weighted by Crippen LogP contribution is 2.43. The molecule has 0 bridgehead atoms. The first kappa shape index (κ1) is 8.67. The minimum Gasteiger partial charge on any atom is -0.486 e. The zero-order valence-corrected chi connectivity index (χ0v) is 8.06. The predicted octanol–water partition coefficient (Wildman–Crippen LogP) is 0.514. The fourth-order valence-corrected chi connectivity index (χ4v) is 1.62. The Balaban J connectivity index is 1.97. The van der Waals surface area contributed by atoms with Gasteiger partial charge in [-0.15, -0.1) is 0 Å². The Morgan fingerprint density at radius 2 is 1.73 bits per heavy atom. The van der Waals surface area contributed by atoms with Crippen LogP contribution < -0.4 is 24.7 Å². The molecular formula is C10H11NO4. The highest BCUT2D eigenvalue weighted by Gasteiger charge is 2.24. The molecule has 2 heterocycles. The minimum atomic E-state index is -0.0853. The van der Waals surface area contributed by atoms with Crippen LogP contribution in [0.25, 0.3) is 0 Å². The smallest absolute Gasteiger partial charge is 0.231 e. The summed E-state index contributed by atoms with van der Waals surface area (Å²) in [6, 6.07) is 3.56. The van der Waals surface area contributed by atoms with E-state index in [-0.39, 0.29) is 12.9 Å². The second kappa shape index (κ2) is 3.20. The van der Waals surface area contributed by atoms with Crippen molar-refractivity contribution >= 4 is 0 Å². The molecular weight excluding hydrogens is 198 g/mol. The van der Waals surface area contributed by atoms with Crippen molar-refractivity contribution in [3.05, 3.63) is 12.1 Å². The summed E-state index contributed by atoms with van der Waals surface area (Å²) in [4.78, 5) is 0. The van der Waals surface area contributed by atoms with Crippen molar-refractivity contribution < 1.29 is 18.9 Å². The monoisotopic (exact) mass is 209 g/mol. The lowest BCUT2D eigenvalue weighted by molar-refractivity contribution is 0.0965. The SMILES string of the molecule is NCC1COc2cc3c(cc2O1)OCO3. The maximum atomic E-state index is 5.62. The molecule has 0 fully saturated rings. The summed E-state index contributed by atoms with van der Waals surface area (Å²) in [5, 5.41) is 0. The summed E-state index contributed by atoms with van der Waals surface area (Å²) in [7, 11) is 0. The predicted molar refractivity (Wildman–Crippen MR) is 51.5 cm³/mol. The largest absolute Gasteiger partial charge is 0.486 e. The Morgan fingerprint density at radius 1 is 1.07 bits per heavy atom. The summed E-state index contributed by atoms with van der Waals surface area (Å²) in [6.45, 7) is 1.16. The molecule has 5 heteroatoms. The van der Waals surface area contributed by atoms with Crippen LogP contribution in [0.15, 0.2) is 12.1 Å². The Morgan fingerprint density at radius 3 is 2.47 bits per heavy atom. The van der Waals surface area contributed by atoms with Gasteiger partial charge in [0.15, 0.2) is 23.0 Å². The van der Waals surface area contributed by atoms with Gasteiger partial charge in [-0.2, -0.15) is 0 Å². The van der Waals surface area contributed by atoms with Crippen molar-refractivity contribution in [1.82, 2.24) is 0 Å². The van der Waals surface area contributed by atoms with Crippen LogP contribution >= 0.6 is 0 Å². The van der Waals surface area contributed by atoms with Gasteiger partial charge in [0.1, 0.15) is 12.7 Å². The van der Waals surface area contributed by atoms with E-state index in [0.717, 1.165) is 0 Å². The maximum Gasteiger partial charge on any atom is 0.231 e. The van der Waals surface area contributed by atoms with Gasteiger partial charge < -0.3 is 24.7 Å². The highest BCUT2D eigenvalue weighted by molar-refractivity contribution is 5.55. The van der Waals surface area contributed by atoms with Crippen molar-refractivity contribution in [1.29, 1.82) is 0 Å². The fourth-order valence-electron chi connectivity index (χ4n) is 1.62. The molecule has 0 aliphatic carbocycles. The van der Waals surface area contributed by atoms with E-state index in [2.05, 4.69) is 0 Å². The molecule has 80 valence electrons. The van der Waals surface area contributed by atoms with Crippen molar-refractivity contribution in [2.75, 3.05) is 19.9 Å². The number of hydrogen-bond acceptors (Lipinski definition) is 5. The number of hydrogen-bond donors (Lipinski definition) is 1. The number of fused-ring (bicyclic) bond motifs is 2. The van der Waals surface area contributed by atoms with E-state index in [0.29, 0.717) is 36.1 Å². The lowest BCUT2D eigenvalue weighted by Gasteiger charge is -2.25. The molecule has 0 amide bonds. The molecule has 0 aromatic heterocycles. The van der Waals surface area contributed by atoms with Crippen LogP contribution in [-0.2, 0) is 0 Å². The van der Waals surface area contributed by atoms with Gasteiger partial charge in [-0.25, -0.2) is 0 Å². The molecule has 1 aromatic rings. The van der Waals surface area contributed by atoms with Gasteiger partial charge in [-0.1, -0.05) is 0 Å². The van der Waals surface area contributed by atoms with Crippen LogP contribution in [0, 0.1) is 0 Å². The van der Waals surface area contributed by atoms with Gasteiger partial charge in [0, 0.05) is 18.7 Å². The van der Waals surface area contributed by atoms with Gasteiger partial charge in [0.25, 0.3) is 0 Å². The molecule has 2 N–H and O–H groups in total. The molecule has 2 aliphatic rings.